The maximum absolute atomic E-state index is 13.1. The van der Waals surface area contributed by atoms with Gasteiger partial charge in [0.2, 0.25) is 5.60 Å². The van der Waals surface area contributed by atoms with Gasteiger partial charge in [0.05, 0.1) is 19.2 Å². The fraction of sp³-hybridized carbons (Fsp3) is 0.714. The average molecular weight is 427 g/mol. The van der Waals surface area contributed by atoms with Crippen molar-refractivity contribution >= 4 is 11.9 Å². The van der Waals surface area contributed by atoms with Crippen molar-refractivity contribution in [2.45, 2.75) is 70.5 Å². The molecule has 0 aromatic heterocycles. The second kappa shape index (κ2) is 8.76. The maximum atomic E-state index is 13.1. The van der Waals surface area contributed by atoms with Crippen molar-refractivity contribution in [1.82, 2.24) is 0 Å². The van der Waals surface area contributed by atoms with E-state index in [4.69, 9.17) is 14.2 Å². The number of quaternary nitrogens is 1. The summed E-state index contributed by atoms with van der Waals surface area (Å²) >= 11 is 0. The summed E-state index contributed by atoms with van der Waals surface area (Å²) < 4.78 is 15.4. The fourth-order valence-electron chi connectivity index (χ4n) is 4.04. The highest BCUT2D eigenvalue weighted by Gasteiger charge is 2.56. The van der Waals surface area contributed by atoms with E-state index >= 15 is 0 Å². The Bertz CT molecular complexity index is 740. The molecule has 0 bridgehead atoms. The molecule has 2 aliphatic rings. The van der Waals surface area contributed by atoms with Gasteiger partial charge >= 0.3 is 11.9 Å². The van der Waals surface area contributed by atoms with Crippen LogP contribution < -0.4 is 0 Å². The quantitative estimate of drug-likeness (QED) is 0.193. The molecule has 5 atom stereocenters. The van der Waals surface area contributed by atoms with Gasteiger partial charge in [-0.3, -0.25) is 0 Å². The Kier molecular flexibility index (Phi) is 7.15. The Labute approximate surface area is 177 Å². The van der Waals surface area contributed by atoms with Crippen LogP contribution in [0, 0.1) is 5.21 Å². The number of hydrogen-bond acceptors (Lipinski definition) is 8. The number of hydroxylamine groups is 3. The second-order valence-electron chi connectivity index (χ2n) is 8.57. The zero-order valence-corrected chi connectivity index (χ0v) is 18.5. The Balaban J connectivity index is 2.14. The van der Waals surface area contributed by atoms with Crippen LogP contribution in [0.1, 0.15) is 41.0 Å². The zero-order valence-electron chi connectivity index (χ0n) is 18.5. The smallest absolute Gasteiger partial charge is 0.344 e. The van der Waals surface area contributed by atoms with Gasteiger partial charge in [-0.05, 0) is 40.7 Å². The summed E-state index contributed by atoms with van der Waals surface area (Å²) in [6.07, 6.45) is 2.08. The third-order valence-electron chi connectivity index (χ3n) is 6.26. The van der Waals surface area contributed by atoms with E-state index < -0.39 is 46.0 Å². The minimum absolute atomic E-state index is 0.193. The van der Waals surface area contributed by atoms with Crippen molar-refractivity contribution in [2.75, 3.05) is 26.8 Å². The molecule has 2 aliphatic heterocycles. The molecule has 0 aliphatic carbocycles. The van der Waals surface area contributed by atoms with Crippen LogP contribution in [-0.2, 0) is 23.8 Å². The number of esters is 2. The minimum Gasteiger partial charge on any atom is -0.632 e. The van der Waals surface area contributed by atoms with Gasteiger partial charge in [0.15, 0.2) is 12.1 Å². The summed E-state index contributed by atoms with van der Waals surface area (Å²) in [6, 6.07) is -0.665. The Morgan fingerprint density at radius 2 is 2.03 bits per heavy atom. The van der Waals surface area contributed by atoms with E-state index in [0.717, 1.165) is 0 Å². The van der Waals surface area contributed by atoms with Crippen molar-refractivity contribution in [2.24, 2.45) is 0 Å². The average Bonchev–Trinajstić information content (AvgIpc) is 3.18. The number of carbonyl (C=O) groups is 2. The molecular weight excluding hydrogens is 394 g/mol. The second-order valence-corrected chi connectivity index (χ2v) is 8.57. The largest absolute Gasteiger partial charge is 0.632 e. The molecule has 0 spiro atoms. The van der Waals surface area contributed by atoms with Gasteiger partial charge in [0.1, 0.15) is 12.2 Å². The van der Waals surface area contributed by atoms with E-state index in [-0.39, 0.29) is 13.2 Å². The van der Waals surface area contributed by atoms with Crippen molar-refractivity contribution < 1.29 is 38.7 Å². The van der Waals surface area contributed by atoms with Crippen molar-refractivity contribution in [1.29, 1.82) is 0 Å². The first-order valence-corrected chi connectivity index (χ1v) is 10.1. The molecule has 30 heavy (non-hydrogen) atoms. The van der Waals surface area contributed by atoms with Crippen LogP contribution in [0.4, 0.5) is 0 Å². The lowest BCUT2D eigenvalue weighted by Gasteiger charge is -2.41. The topological polar surface area (TPSA) is 125 Å². The predicted molar refractivity (Wildman–Crippen MR) is 108 cm³/mol. The summed E-state index contributed by atoms with van der Waals surface area (Å²) in [4.78, 5) is 24.9. The van der Waals surface area contributed by atoms with Gasteiger partial charge in [-0.15, -0.1) is 0 Å². The van der Waals surface area contributed by atoms with E-state index in [1.165, 1.54) is 27.9 Å². The molecule has 2 N–H and O–H groups in total. The predicted octanol–water partition coefficient (Wildman–Crippen LogP) is 0.971. The third-order valence-corrected chi connectivity index (χ3v) is 6.26. The molecule has 0 amide bonds. The molecule has 170 valence electrons. The summed E-state index contributed by atoms with van der Waals surface area (Å²) in [6.45, 7) is 7.62. The van der Waals surface area contributed by atoms with Gasteiger partial charge < -0.3 is 34.3 Å². The monoisotopic (exact) mass is 427 g/mol. The van der Waals surface area contributed by atoms with Gasteiger partial charge in [0, 0.05) is 24.7 Å². The summed E-state index contributed by atoms with van der Waals surface area (Å²) in [5.41, 5.74) is -3.16. The number of allylic oxidation sites excluding steroid dienone is 1. The molecule has 0 radical (unpaired) electrons. The van der Waals surface area contributed by atoms with Crippen LogP contribution in [-0.4, -0.2) is 83.1 Å². The summed E-state index contributed by atoms with van der Waals surface area (Å²) in [5, 5.41) is 34.3. The number of nitrogens with zero attached hydrogens (tertiary/aromatic N) is 1. The van der Waals surface area contributed by atoms with Crippen LogP contribution >= 0.6 is 0 Å². The number of rotatable bonds is 8. The molecule has 2 heterocycles. The van der Waals surface area contributed by atoms with Crippen LogP contribution in [0.3, 0.4) is 0 Å². The molecule has 2 rings (SSSR count). The van der Waals surface area contributed by atoms with Crippen molar-refractivity contribution in [3.8, 4) is 0 Å². The molecule has 1 unspecified atom stereocenters. The number of methoxy groups -OCH3 is 1. The molecule has 9 heteroatoms. The van der Waals surface area contributed by atoms with Crippen LogP contribution in [0.5, 0.6) is 0 Å². The van der Waals surface area contributed by atoms with Crippen molar-refractivity contribution in [3.63, 3.8) is 0 Å². The fourth-order valence-corrected chi connectivity index (χ4v) is 4.04. The standard InChI is InChI=1S/C21H33NO8/c1-7-13(2)18(23)30-16-9-11-22(27)10-8-15(17(16)22)12-29-19(24)21(26,14(3)28-6)20(4,5)25/h7-8,14,16-17,25-26H,9-12H2,1-6H3/b13-7-/t14-,16-,17-,21+,22?/m1/s1. The van der Waals surface area contributed by atoms with Gasteiger partial charge in [-0.1, -0.05) is 6.08 Å². The first-order valence-electron chi connectivity index (χ1n) is 10.1. The maximum Gasteiger partial charge on any atom is 0.344 e. The van der Waals surface area contributed by atoms with Gasteiger partial charge in [-0.25, -0.2) is 9.59 Å². The number of carbonyl (C=O) groups excluding carboxylic acids is 2. The zero-order chi connectivity index (χ0) is 22.9. The van der Waals surface area contributed by atoms with Crippen LogP contribution in [0.2, 0.25) is 0 Å². The highest BCUT2D eigenvalue weighted by molar-refractivity contribution is 5.87. The first kappa shape index (κ1) is 24.5. The lowest BCUT2D eigenvalue weighted by atomic mass is 9.81. The highest BCUT2D eigenvalue weighted by atomic mass is 16.6. The highest BCUT2D eigenvalue weighted by Crippen LogP contribution is 2.38. The van der Waals surface area contributed by atoms with Crippen LogP contribution in [0.25, 0.3) is 0 Å². The van der Waals surface area contributed by atoms with E-state index in [9.17, 15) is 25.0 Å². The Morgan fingerprint density at radius 1 is 1.40 bits per heavy atom. The van der Waals surface area contributed by atoms with Gasteiger partial charge in [0.25, 0.3) is 0 Å². The molecule has 9 nitrogen and oxygen atoms in total. The minimum atomic E-state index is -2.31. The van der Waals surface area contributed by atoms with E-state index in [1.54, 1.807) is 26.0 Å². The number of aliphatic hydroxyl groups is 2. The third kappa shape index (κ3) is 4.31. The summed E-state index contributed by atoms with van der Waals surface area (Å²) in [7, 11) is 1.31. The summed E-state index contributed by atoms with van der Waals surface area (Å²) in [5.74, 6) is -1.54. The lowest BCUT2D eigenvalue weighted by Crippen LogP contribution is -2.63. The molecule has 0 saturated carbocycles. The van der Waals surface area contributed by atoms with Crippen molar-refractivity contribution in [3.05, 3.63) is 28.5 Å². The molecule has 1 saturated heterocycles. The Morgan fingerprint density at radius 3 is 2.57 bits per heavy atom. The Hall–Kier alpha value is -1.78. The number of ether oxygens (including phenoxy) is 3. The molecule has 1 fully saturated rings. The van der Waals surface area contributed by atoms with E-state index in [2.05, 4.69) is 0 Å². The molecule has 0 aromatic carbocycles. The number of hydrogen-bond donors (Lipinski definition) is 2. The molecular formula is C21H33NO8. The normalized spacial score (nSPS) is 29.6. The lowest BCUT2D eigenvalue weighted by molar-refractivity contribution is -0.877. The van der Waals surface area contributed by atoms with Crippen LogP contribution in [0.15, 0.2) is 23.3 Å². The first-order chi connectivity index (χ1) is 13.8. The SMILES string of the molecule is C/C=C(/C)C(=O)O[C@@H]1CC[N+]2([O-])CC=C(COC(=O)[C@@](O)([C@@H](C)OC)C(C)(C)O)[C@H]12. The van der Waals surface area contributed by atoms with E-state index in [0.29, 0.717) is 24.1 Å². The van der Waals surface area contributed by atoms with E-state index in [1.807, 2.05) is 0 Å². The number of fused-ring (bicyclic) bond motifs is 1. The molecule has 0 aromatic rings. The van der Waals surface area contributed by atoms with Gasteiger partial charge in [-0.2, -0.15) is 0 Å².